The van der Waals surface area contributed by atoms with Crippen LogP contribution >= 0.6 is 0 Å². The summed E-state index contributed by atoms with van der Waals surface area (Å²) < 4.78 is 0. The fourth-order valence-electron chi connectivity index (χ4n) is 2.98. The zero-order chi connectivity index (χ0) is 17.0. The van der Waals surface area contributed by atoms with Crippen LogP contribution in [0.15, 0.2) is 54.6 Å². The number of aliphatic carboxylic acids is 1. The molecule has 0 saturated heterocycles. The monoisotopic (exact) mass is 323 g/mol. The van der Waals surface area contributed by atoms with Crippen molar-refractivity contribution in [1.82, 2.24) is 0 Å². The van der Waals surface area contributed by atoms with E-state index in [4.69, 9.17) is 5.11 Å². The zero-order valence-electron chi connectivity index (χ0n) is 13.5. The van der Waals surface area contributed by atoms with Crippen LogP contribution in [0, 0.1) is 0 Å². The highest BCUT2D eigenvalue weighted by Gasteiger charge is 2.51. The maximum absolute atomic E-state index is 12.7. The third kappa shape index (κ3) is 3.65. The summed E-state index contributed by atoms with van der Waals surface area (Å²) >= 11 is 0. The quantitative estimate of drug-likeness (QED) is 0.815. The molecule has 0 spiro atoms. The molecule has 2 N–H and O–H groups in total. The molecule has 0 aliphatic heterocycles. The molecule has 4 nitrogen and oxygen atoms in total. The number of amides is 1. The summed E-state index contributed by atoms with van der Waals surface area (Å²) in [5, 5.41) is 11.7. The van der Waals surface area contributed by atoms with Crippen LogP contribution in [0.1, 0.15) is 36.8 Å². The van der Waals surface area contributed by atoms with Gasteiger partial charge < -0.3 is 10.4 Å². The molecule has 0 atom stereocenters. The first-order valence-electron chi connectivity index (χ1n) is 8.28. The zero-order valence-corrected chi connectivity index (χ0v) is 13.5. The van der Waals surface area contributed by atoms with Gasteiger partial charge in [0.25, 0.3) is 0 Å². The molecule has 2 aromatic carbocycles. The lowest BCUT2D eigenvalue weighted by Crippen LogP contribution is -2.27. The van der Waals surface area contributed by atoms with Gasteiger partial charge in [0, 0.05) is 12.1 Å². The molecule has 0 heterocycles. The third-order valence-corrected chi connectivity index (χ3v) is 4.58. The van der Waals surface area contributed by atoms with Crippen LogP contribution in [0.2, 0.25) is 0 Å². The molecule has 0 radical (unpaired) electrons. The van der Waals surface area contributed by atoms with E-state index < -0.39 is 5.97 Å². The Labute approximate surface area is 141 Å². The molecular formula is C20H21NO3. The van der Waals surface area contributed by atoms with Gasteiger partial charge in [-0.05, 0) is 48.9 Å². The summed E-state index contributed by atoms with van der Waals surface area (Å²) in [6.45, 7) is 0. The van der Waals surface area contributed by atoms with E-state index in [1.54, 1.807) is 0 Å². The maximum atomic E-state index is 12.7. The molecule has 1 amide bonds. The lowest BCUT2D eigenvalue weighted by atomic mass is 9.95. The summed E-state index contributed by atoms with van der Waals surface area (Å²) in [5.74, 6) is -0.721. The van der Waals surface area contributed by atoms with E-state index in [2.05, 4.69) is 5.32 Å². The van der Waals surface area contributed by atoms with E-state index >= 15 is 0 Å². The van der Waals surface area contributed by atoms with E-state index in [1.807, 2.05) is 54.6 Å². The van der Waals surface area contributed by atoms with E-state index in [0.717, 1.165) is 36.1 Å². The van der Waals surface area contributed by atoms with Gasteiger partial charge in [-0.15, -0.1) is 0 Å². The molecule has 1 aliphatic rings. The topological polar surface area (TPSA) is 66.4 Å². The van der Waals surface area contributed by atoms with Crippen molar-refractivity contribution in [3.05, 3.63) is 65.7 Å². The van der Waals surface area contributed by atoms with Crippen molar-refractivity contribution in [3.63, 3.8) is 0 Å². The number of aryl methyl sites for hydroxylation is 1. The number of hydrogen-bond acceptors (Lipinski definition) is 2. The van der Waals surface area contributed by atoms with Crippen molar-refractivity contribution in [1.29, 1.82) is 0 Å². The van der Waals surface area contributed by atoms with Crippen LogP contribution in [-0.2, 0) is 21.4 Å². The van der Waals surface area contributed by atoms with Gasteiger partial charge in [-0.1, -0.05) is 42.5 Å². The molecule has 0 unspecified atom stereocenters. The lowest BCUT2D eigenvalue weighted by Gasteiger charge is -2.16. The highest BCUT2D eigenvalue weighted by Crippen LogP contribution is 2.48. The first kappa shape index (κ1) is 16.2. The number of benzene rings is 2. The number of carbonyl (C=O) groups is 2. The number of carbonyl (C=O) groups excluding carboxylic acids is 1. The van der Waals surface area contributed by atoms with Gasteiger partial charge in [-0.25, -0.2) is 0 Å². The van der Waals surface area contributed by atoms with Gasteiger partial charge in [-0.2, -0.15) is 0 Å². The van der Waals surface area contributed by atoms with Gasteiger partial charge in [0.1, 0.15) is 0 Å². The van der Waals surface area contributed by atoms with Crippen molar-refractivity contribution < 1.29 is 14.7 Å². The second-order valence-corrected chi connectivity index (χ2v) is 6.35. The fourth-order valence-corrected chi connectivity index (χ4v) is 2.98. The lowest BCUT2D eigenvalue weighted by molar-refractivity contribution is -0.137. The van der Waals surface area contributed by atoms with Crippen LogP contribution in [0.3, 0.4) is 0 Å². The molecule has 0 aromatic heterocycles. The highest BCUT2D eigenvalue weighted by molar-refractivity contribution is 6.01. The Morgan fingerprint density at radius 1 is 1.00 bits per heavy atom. The second-order valence-electron chi connectivity index (χ2n) is 6.35. The predicted molar refractivity (Wildman–Crippen MR) is 93.0 cm³/mol. The number of hydrogen-bond donors (Lipinski definition) is 2. The fraction of sp³-hybridized carbons (Fsp3) is 0.300. The minimum atomic E-state index is -0.769. The van der Waals surface area contributed by atoms with Crippen molar-refractivity contribution in [3.8, 4) is 0 Å². The molecule has 24 heavy (non-hydrogen) atoms. The SMILES string of the molecule is O=C(O)CCCc1ccc(NC(=O)C2(c3ccccc3)CC2)cc1. The Bertz CT molecular complexity index is 718. The summed E-state index contributed by atoms with van der Waals surface area (Å²) in [6, 6.07) is 17.6. The number of anilines is 1. The summed E-state index contributed by atoms with van der Waals surface area (Å²) in [4.78, 5) is 23.2. The molecule has 1 aliphatic carbocycles. The van der Waals surface area contributed by atoms with Crippen LogP contribution in [0.5, 0.6) is 0 Å². The van der Waals surface area contributed by atoms with E-state index in [1.165, 1.54) is 0 Å². The molecule has 1 saturated carbocycles. The normalized spacial score (nSPS) is 14.8. The average molecular weight is 323 g/mol. The third-order valence-electron chi connectivity index (χ3n) is 4.58. The number of rotatable bonds is 7. The molecular weight excluding hydrogens is 302 g/mol. The second kappa shape index (κ2) is 6.87. The molecule has 4 heteroatoms. The minimum absolute atomic E-state index is 0.0485. The minimum Gasteiger partial charge on any atom is -0.481 e. The van der Waals surface area contributed by atoms with Crippen LogP contribution < -0.4 is 5.32 Å². The van der Waals surface area contributed by atoms with Gasteiger partial charge in [0.15, 0.2) is 0 Å². The van der Waals surface area contributed by atoms with Crippen molar-refractivity contribution in [2.45, 2.75) is 37.5 Å². The Balaban J connectivity index is 1.60. The predicted octanol–water partition coefficient (Wildman–Crippen LogP) is 3.76. The highest BCUT2D eigenvalue weighted by atomic mass is 16.4. The Kier molecular flexibility index (Phi) is 4.65. The number of carboxylic acids is 1. The molecule has 3 rings (SSSR count). The maximum Gasteiger partial charge on any atom is 0.303 e. The Morgan fingerprint density at radius 3 is 2.25 bits per heavy atom. The van der Waals surface area contributed by atoms with Crippen LogP contribution in [-0.4, -0.2) is 17.0 Å². The molecule has 2 aromatic rings. The first-order valence-corrected chi connectivity index (χ1v) is 8.28. The molecule has 124 valence electrons. The molecule has 0 bridgehead atoms. The van der Waals surface area contributed by atoms with Gasteiger partial charge in [-0.3, -0.25) is 9.59 Å². The van der Waals surface area contributed by atoms with Gasteiger partial charge in [0.2, 0.25) is 5.91 Å². The smallest absolute Gasteiger partial charge is 0.303 e. The first-order chi connectivity index (χ1) is 11.6. The van der Waals surface area contributed by atoms with E-state index in [9.17, 15) is 9.59 Å². The van der Waals surface area contributed by atoms with E-state index in [-0.39, 0.29) is 17.7 Å². The van der Waals surface area contributed by atoms with Gasteiger partial charge in [0.05, 0.1) is 5.41 Å². The standard InChI is InChI=1S/C20H21NO3/c22-18(23)8-4-5-15-9-11-17(12-10-15)21-19(24)20(13-14-20)16-6-2-1-3-7-16/h1-3,6-7,9-12H,4-5,8,13-14H2,(H,21,24)(H,22,23). The number of carboxylic acid groups (broad SMARTS) is 1. The van der Waals surface area contributed by atoms with Crippen molar-refractivity contribution in [2.24, 2.45) is 0 Å². The van der Waals surface area contributed by atoms with Gasteiger partial charge >= 0.3 is 5.97 Å². The van der Waals surface area contributed by atoms with Crippen molar-refractivity contribution in [2.75, 3.05) is 5.32 Å². The van der Waals surface area contributed by atoms with E-state index in [0.29, 0.717) is 6.42 Å². The molecule has 1 fully saturated rings. The van der Waals surface area contributed by atoms with Crippen LogP contribution in [0.25, 0.3) is 0 Å². The average Bonchev–Trinajstić information content (AvgIpc) is 3.39. The summed E-state index contributed by atoms with van der Waals surface area (Å²) in [6.07, 6.45) is 3.30. The van der Waals surface area contributed by atoms with Crippen LogP contribution in [0.4, 0.5) is 5.69 Å². The van der Waals surface area contributed by atoms with Crippen molar-refractivity contribution >= 4 is 17.6 Å². The summed E-state index contributed by atoms with van der Waals surface area (Å²) in [7, 11) is 0. The Hall–Kier alpha value is -2.62. The number of nitrogens with one attached hydrogen (secondary N) is 1. The Morgan fingerprint density at radius 2 is 1.67 bits per heavy atom. The largest absolute Gasteiger partial charge is 0.481 e. The summed E-state index contributed by atoms with van der Waals surface area (Å²) in [5.41, 5.74) is 2.57.